The lowest BCUT2D eigenvalue weighted by molar-refractivity contribution is -0.0438. The van der Waals surface area contributed by atoms with Gasteiger partial charge in [0.2, 0.25) is 0 Å². The highest BCUT2D eigenvalue weighted by molar-refractivity contribution is 5.21. The molecule has 2 fully saturated rings. The molecule has 3 heteroatoms. The fraction of sp³-hybridized carbons (Fsp3) is 0.647. The lowest BCUT2D eigenvalue weighted by Crippen LogP contribution is -2.55. The molecule has 4 atom stereocenters. The van der Waals surface area contributed by atoms with E-state index in [1.807, 2.05) is 0 Å². The smallest absolute Gasteiger partial charge is 0.0674 e. The zero-order valence-electron chi connectivity index (χ0n) is 12.4. The molecule has 1 aliphatic carbocycles. The van der Waals surface area contributed by atoms with Gasteiger partial charge in [-0.1, -0.05) is 30.3 Å². The fourth-order valence-electron chi connectivity index (χ4n) is 3.76. The Morgan fingerprint density at radius 1 is 1.20 bits per heavy atom. The van der Waals surface area contributed by atoms with E-state index in [1.165, 1.54) is 18.4 Å². The fourth-order valence-corrected chi connectivity index (χ4v) is 3.76. The maximum absolute atomic E-state index is 6.41. The zero-order valence-corrected chi connectivity index (χ0v) is 12.4. The first-order valence-electron chi connectivity index (χ1n) is 7.90. The van der Waals surface area contributed by atoms with Crippen molar-refractivity contribution >= 4 is 0 Å². The first-order valence-corrected chi connectivity index (χ1v) is 7.90. The molecule has 2 aliphatic rings. The van der Waals surface area contributed by atoms with Gasteiger partial charge in [-0.3, -0.25) is 4.90 Å². The summed E-state index contributed by atoms with van der Waals surface area (Å²) in [5, 5.41) is 0. The van der Waals surface area contributed by atoms with Crippen LogP contribution in [0, 0.1) is 0 Å². The van der Waals surface area contributed by atoms with Gasteiger partial charge in [0, 0.05) is 25.2 Å². The summed E-state index contributed by atoms with van der Waals surface area (Å²) >= 11 is 0. The number of nitrogens with zero attached hydrogens (tertiary/aromatic N) is 1. The standard InChI is InChI=1S/C17H26N2O/c1-13-12-19(9-10-20-13)17-11-15(7-8-16(17)18)14-5-3-2-4-6-14/h2-6,13,15-17H,7-12,18H2,1H3. The van der Waals surface area contributed by atoms with Gasteiger partial charge in [0.05, 0.1) is 12.7 Å². The molecule has 2 N–H and O–H groups in total. The molecule has 4 unspecified atom stereocenters. The molecule has 0 amide bonds. The minimum absolute atomic E-state index is 0.320. The second-order valence-electron chi connectivity index (χ2n) is 6.33. The summed E-state index contributed by atoms with van der Waals surface area (Å²) in [6.45, 7) is 5.07. The summed E-state index contributed by atoms with van der Waals surface area (Å²) in [5.41, 5.74) is 7.89. The summed E-state index contributed by atoms with van der Waals surface area (Å²) in [6, 6.07) is 11.8. The summed E-state index contributed by atoms with van der Waals surface area (Å²) in [4.78, 5) is 2.56. The van der Waals surface area contributed by atoms with Crippen LogP contribution in [0.2, 0.25) is 0 Å². The number of ether oxygens (including phenoxy) is 1. The Morgan fingerprint density at radius 3 is 2.75 bits per heavy atom. The number of nitrogens with two attached hydrogens (primary N) is 1. The maximum atomic E-state index is 6.41. The molecule has 3 nitrogen and oxygen atoms in total. The second-order valence-corrected chi connectivity index (χ2v) is 6.33. The van der Waals surface area contributed by atoms with Crippen molar-refractivity contribution in [2.75, 3.05) is 19.7 Å². The van der Waals surface area contributed by atoms with Gasteiger partial charge in [0.1, 0.15) is 0 Å². The zero-order chi connectivity index (χ0) is 13.9. The topological polar surface area (TPSA) is 38.5 Å². The van der Waals surface area contributed by atoms with E-state index in [-0.39, 0.29) is 0 Å². The third-order valence-electron chi connectivity index (χ3n) is 4.88. The number of morpholine rings is 1. The number of benzene rings is 1. The molecule has 1 saturated carbocycles. The summed E-state index contributed by atoms with van der Waals surface area (Å²) in [5.74, 6) is 0.666. The van der Waals surface area contributed by atoms with Crippen LogP contribution in [0.15, 0.2) is 30.3 Å². The van der Waals surface area contributed by atoms with Crippen molar-refractivity contribution in [3.63, 3.8) is 0 Å². The summed E-state index contributed by atoms with van der Waals surface area (Å²) in [7, 11) is 0. The molecule has 0 bridgehead atoms. The Morgan fingerprint density at radius 2 is 2.00 bits per heavy atom. The molecule has 1 heterocycles. The van der Waals surface area contributed by atoms with Gasteiger partial charge >= 0.3 is 0 Å². The van der Waals surface area contributed by atoms with E-state index in [0.717, 1.165) is 26.1 Å². The monoisotopic (exact) mass is 274 g/mol. The van der Waals surface area contributed by atoms with Crippen molar-refractivity contribution in [2.45, 2.75) is 50.3 Å². The van der Waals surface area contributed by atoms with Gasteiger partial charge in [-0.05, 0) is 37.7 Å². The van der Waals surface area contributed by atoms with Crippen LogP contribution < -0.4 is 5.73 Å². The molecule has 1 aliphatic heterocycles. The molecule has 20 heavy (non-hydrogen) atoms. The highest BCUT2D eigenvalue weighted by Gasteiger charge is 2.34. The van der Waals surface area contributed by atoms with Crippen molar-refractivity contribution < 1.29 is 4.74 Å². The Bertz CT molecular complexity index is 422. The van der Waals surface area contributed by atoms with Gasteiger partial charge in [0.25, 0.3) is 0 Å². The predicted molar refractivity (Wildman–Crippen MR) is 81.8 cm³/mol. The van der Waals surface area contributed by atoms with E-state index < -0.39 is 0 Å². The molecule has 0 radical (unpaired) electrons. The maximum Gasteiger partial charge on any atom is 0.0674 e. The quantitative estimate of drug-likeness (QED) is 0.900. The molecular formula is C17H26N2O. The van der Waals surface area contributed by atoms with Gasteiger partial charge < -0.3 is 10.5 Å². The second kappa shape index (κ2) is 6.25. The Labute approximate surface area is 122 Å². The lowest BCUT2D eigenvalue weighted by Gasteiger charge is -2.44. The minimum atomic E-state index is 0.320. The average Bonchev–Trinajstić information content (AvgIpc) is 2.48. The molecule has 0 aromatic heterocycles. The van der Waals surface area contributed by atoms with E-state index in [0.29, 0.717) is 24.1 Å². The van der Waals surface area contributed by atoms with Crippen LogP contribution in [0.3, 0.4) is 0 Å². The van der Waals surface area contributed by atoms with Crippen molar-refractivity contribution in [2.24, 2.45) is 5.73 Å². The lowest BCUT2D eigenvalue weighted by atomic mass is 9.78. The first kappa shape index (κ1) is 14.1. The molecular weight excluding hydrogens is 248 g/mol. The van der Waals surface area contributed by atoms with Gasteiger partial charge in [-0.2, -0.15) is 0 Å². The van der Waals surface area contributed by atoms with Crippen molar-refractivity contribution in [1.82, 2.24) is 4.90 Å². The van der Waals surface area contributed by atoms with Crippen LogP contribution in [0.5, 0.6) is 0 Å². The number of hydrogen-bond acceptors (Lipinski definition) is 3. The Kier molecular flexibility index (Phi) is 4.39. The average molecular weight is 274 g/mol. The number of hydrogen-bond donors (Lipinski definition) is 1. The molecule has 110 valence electrons. The molecule has 3 rings (SSSR count). The van der Waals surface area contributed by atoms with Crippen LogP contribution in [-0.4, -0.2) is 42.8 Å². The van der Waals surface area contributed by atoms with Crippen LogP contribution in [-0.2, 0) is 4.74 Å². The minimum Gasteiger partial charge on any atom is -0.376 e. The summed E-state index contributed by atoms with van der Waals surface area (Å²) < 4.78 is 5.66. The van der Waals surface area contributed by atoms with E-state index in [9.17, 15) is 0 Å². The highest BCUT2D eigenvalue weighted by atomic mass is 16.5. The van der Waals surface area contributed by atoms with Gasteiger partial charge in [0.15, 0.2) is 0 Å². The first-order chi connectivity index (χ1) is 9.74. The molecule has 0 spiro atoms. The molecule has 1 saturated heterocycles. The Balaban J connectivity index is 1.70. The van der Waals surface area contributed by atoms with E-state index >= 15 is 0 Å². The van der Waals surface area contributed by atoms with E-state index in [1.54, 1.807) is 0 Å². The van der Waals surface area contributed by atoms with Crippen molar-refractivity contribution in [1.29, 1.82) is 0 Å². The van der Waals surface area contributed by atoms with Crippen LogP contribution in [0.25, 0.3) is 0 Å². The van der Waals surface area contributed by atoms with Crippen molar-refractivity contribution in [3.05, 3.63) is 35.9 Å². The molecule has 1 aromatic carbocycles. The van der Waals surface area contributed by atoms with Gasteiger partial charge in [-0.25, -0.2) is 0 Å². The van der Waals surface area contributed by atoms with Crippen LogP contribution in [0.4, 0.5) is 0 Å². The van der Waals surface area contributed by atoms with Crippen molar-refractivity contribution in [3.8, 4) is 0 Å². The molecule has 1 aromatic rings. The predicted octanol–water partition coefficient (Wildman–Crippen LogP) is 2.37. The third kappa shape index (κ3) is 3.05. The van der Waals surface area contributed by atoms with Crippen LogP contribution in [0.1, 0.15) is 37.7 Å². The Hall–Kier alpha value is -0.900. The summed E-state index contributed by atoms with van der Waals surface area (Å²) in [6.07, 6.45) is 3.89. The highest BCUT2D eigenvalue weighted by Crippen LogP contribution is 2.35. The van der Waals surface area contributed by atoms with E-state index in [2.05, 4.69) is 42.2 Å². The number of rotatable bonds is 2. The normalized spacial score (nSPS) is 35.9. The van der Waals surface area contributed by atoms with E-state index in [4.69, 9.17) is 10.5 Å². The third-order valence-corrected chi connectivity index (χ3v) is 4.88. The SMILES string of the molecule is CC1CN(C2CC(c3ccccc3)CCC2N)CCO1. The van der Waals surface area contributed by atoms with Crippen LogP contribution >= 0.6 is 0 Å². The van der Waals surface area contributed by atoms with Gasteiger partial charge in [-0.15, -0.1) is 0 Å². The largest absolute Gasteiger partial charge is 0.376 e.